The second kappa shape index (κ2) is 6.49. The molecule has 2 N–H and O–H groups in total. The molecule has 0 saturated heterocycles. The van der Waals surface area contributed by atoms with Crippen LogP contribution in [0.15, 0.2) is 35.1 Å². The molecular weight excluding hydrogens is 338 g/mol. The summed E-state index contributed by atoms with van der Waals surface area (Å²) in [5.41, 5.74) is 0.824. The van der Waals surface area contributed by atoms with Crippen LogP contribution >= 0.6 is 15.9 Å². The van der Waals surface area contributed by atoms with Crippen molar-refractivity contribution in [3.63, 3.8) is 0 Å². The third-order valence-corrected chi connectivity index (χ3v) is 3.44. The highest BCUT2D eigenvalue weighted by atomic mass is 79.9. The Bertz CT molecular complexity index is 665. The second-order valence-electron chi connectivity index (χ2n) is 4.35. The maximum absolute atomic E-state index is 11.2. The summed E-state index contributed by atoms with van der Waals surface area (Å²) in [6, 6.07) is 7.58. The van der Waals surface area contributed by atoms with Crippen LogP contribution in [0, 0.1) is 10.1 Å². The molecule has 110 valence electrons. The van der Waals surface area contributed by atoms with Crippen molar-refractivity contribution in [1.82, 2.24) is 9.97 Å². The van der Waals surface area contributed by atoms with Gasteiger partial charge in [0.25, 0.3) is 0 Å². The highest BCUT2D eigenvalue weighted by Gasteiger charge is 2.23. The first-order chi connectivity index (χ1) is 10.0. The SMILES string of the molecule is CNc1ncnc(NC(C)c2cccc(Br)c2)c1[N+](=O)[O-]. The number of hydrogen-bond donors (Lipinski definition) is 2. The Morgan fingerprint density at radius 1 is 1.33 bits per heavy atom. The number of benzene rings is 1. The van der Waals surface area contributed by atoms with E-state index >= 15 is 0 Å². The summed E-state index contributed by atoms with van der Waals surface area (Å²) in [4.78, 5) is 18.6. The van der Waals surface area contributed by atoms with Gasteiger partial charge in [-0.05, 0) is 24.6 Å². The lowest BCUT2D eigenvalue weighted by molar-refractivity contribution is -0.383. The summed E-state index contributed by atoms with van der Waals surface area (Å²) >= 11 is 3.40. The summed E-state index contributed by atoms with van der Waals surface area (Å²) < 4.78 is 0.946. The normalized spacial score (nSPS) is 11.8. The Labute approximate surface area is 130 Å². The van der Waals surface area contributed by atoms with Crippen LogP contribution in [-0.4, -0.2) is 21.9 Å². The predicted molar refractivity (Wildman–Crippen MR) is 84.4 cm³/mol. The molecule has 0 aliphatic rings. The van der Waals surface area contributed by atoms with Crippen LogP contribution < -0.4 is 10.6 Å². The van der Waals surface area contributed by atoms with Crippen molar-refractivity contribution in [3.05, 3.63) is 50.7 Å². The summed E-state index contributed by atoms with van der Waals surface area (Å²) in [6.45, 7) is 1.91. The Hall–Kier alpha value is -2.22. The smallest absolute Gasteiger partial charge is 0.353 e. The second-order valence-corrected chi connectivity index (χ2v) is 5.26. The summed E-state index contributed by atoms with van der Waals surface area (Å²) in [6.07, 6.45) is 1.29. The van der Waals surface area contributed by atoms with E-state index in [1.54, 1.807) is 7.05 Å². The van der Waals surface area contributed by atoms with Crippen LogP contribution in [0.4, 0.5) is 17.3 Å². The fourth-order valence-electron chi connectivity index (χ4n) is 1.90. The van der Waals surface area contributed by atoms with Crippen LogP contribution in [-0.2, 0) is 0 Å². The molecule has 1 aromatic carbocycles. The number of aromatic nitrogens is 2. The molecule has 0 amide bonds. The molecule has 21 heavy (non-hydrogen) atoms. The van der Waals surface area contributed by atoms with E-state index in [0.29, 0.717) is 0 Å². The Balaban J connectivity index is 2.33. The van der Waals surface area contributed by atoms with Gasteiger partial charge in [-0.2, -0.15) is 0 Å². The van der Waals surface area contributed by atoms with Gasteiger partial charge in [-0.15, -0.1) is 0 Å². The van der Waals surface area contributed by atoms with Gasteiger partial charge < -0.3 is 10.6 Å². The lowest BCUT2D eigenvalue weighted by atomic mass is 10.1. The minimum absolute atomic E-state index is 0.138. The van der Waals surface area contributed by atoms with Gasteiger partial charge in [-0.3, -0.25) is 10.1 Å². The maximum Gasteiger partial charge on any atom is 0.353 e. The number of anilines is 2. The zero-order valence-electron chi connectivity index (χ0n) is 11.5. The van der Waals surface area contributed by atoms with E-state index in [4.69, 9.17) is 0 Å². The highest BCUT2D eigenvalue weighted by Crippen LogP contribution is 2.31. The molecule has 7 nitrogen and oxygen atoms in total. The summed E-state index contributed by atoms with van der Waals surface area (Å²) in [5, 5.41) is 17.0. The maximum atomic E-state index is 11.2. The van der Waals surface area contributed by atoms with E-state index in [1.165, 1.54) is 6.33 Å². The van der Waals surface area contributed by atoms with Gasteiger partial charge in [0, 0.05) is 11.5 Å². The molecule has 1 unspecified atom stereocenters. The van der Waals surface area contributed by atoms with Gasteiger partial charge in [0.15, 0.2) is 0 Å². The molecule has 0 bridgehead atoms. The van der Waals surface area contributed by atoms with Crippen LogP contribution in [0.3, 0.4) is 0 Å². The Morgan fingerprint density at radius 2 is 2.05 bits per heavy atom. The lowest BCUT2D eigenvalue weighted by Gasteiger charge is -2.15. The van der Waals surface area contributed by atoms with Gasteiger partial charge in [0.2, 0.25) is 11.6 Å². The van der Waals surface area contributed by atoms with Crippen LogP contribution in [0.5, 0.6) is 0 Å². The number of halogens is 1. The Morgan fingerprint density at radius 3 is 2.67 bits per heavy atom. The zero-order valence-corrected chi connectivity index (χ0v) is 13.1. The molecule has 0 saturated carbocycles. The predicted octanol–water partition coefficient (Wildman–Crippen LogP) is 3.36. The molecule has 8 heteroatoms. The van der Waals surface area contributed by atoms with Gasteiger partial charge in [0.1, 0.15) is 6.33 Å². The standard InChI is InChI=1S/C13H14BrN5O2/c1-8(9-4-3-5-10(14)6-9)18-13-11(19(20)21)12(15-2)16-7-17-13/h3-8H,1-2H3,(H2,15,16,17,18). The van der Waals surface area contributed by atoms with Crippen molar-refractivity contribution in [2.24, 2.45) is 0 Å². The van der Waals surface area contributed by atoms with Crippen molar-refractivity contribution < 1.29 is 4.92 Å². The molecule has 2 rings (SSSR count). The van der Waals surface area contributed by atoms with Crippen molar-refractivity contribution in [1.29, 1.82) is 0 Å². The number of nitro groups is 1. The Kier molecular flexibility index (Phi) is 4.69. The average Bonchev–Trinajstić information content (AvgIpc) is 2.46. The van der Waals surface area contributed by atoms with E-state index < -0.39 is 4.92 Å². The minimum Gasteiger partial charge on any atom is -0.367 e. The van der Waals surface area contributed by atoms with E-state index in [2.05, 4.69) is 36.5 Å². The van der Waals surface area contributed by atoms with E-state index in [-0.39, 0.29) is 23.4 Å². The minimum atomic E-state index is -0.498. The van der Waals surface area contributed by atoms with E-state index in [0.717, 1.165) is 10.0 Å². The molecule has 2 aromatic rings. The van der Waals surface area contributed by atoms with Crippen LogP contribution in [0.1, 0.15) is 18.5 Å². The fourth-order valence-corrected chi connectivity index (χ4v) is 2.32. The molecule has 0 fully saturated rings. The fraction of sp³-hybridized carbons (Fsp3) is 0.231. The largest absolute Gasteiger partial charge is 0.367 e. The number of nitrogens with zero attached hydrogens (tertiary/aromatic N) is 3. The third kappa shape index (κ3) is 3.46. The molecular formula is C13H14BrN5O2. The average molecular weight is 352 g/mol. The van der Waals surface area contributed by atoms with E-state index in [1.807, 2.05) is 31.2 Å². The van der Waals surface area contributed by atoms with E-state index in [9.17, 15) is 10.1 Å². The van der Waals surface area contributed by atoms with Crippen molar-refractivity contribution >= 4 is 33.3 Å². The van der Waals surface area contributed by atoms with Crippen molar-refractivity contribution in [2.75, 3.05) is 17.7 Å². The number of hydrogen-bond acceptors (Lipinski definition) is 6. The third-order valence-electron chi connectivity index (χ3n) is 2.94. The molecule has 0 aliphatic carbocycles. The molecule has 1 heterocycles. The van der Waals surface area contributed by atoms with Crippen molar-refractivity contribution in [2.45, 2.75) is 13.0 Å². The van der Waals surface area contributed by atoms with Gasteiger partial charge in [-0.1, -0.05) is 28.1 Å². The van der Waals surface area contributed by atoms with Crippen LogP contribution in [0.2, 0.25) is 0 Å². The van der Waals surface area contributed by atoms with Gasteiger partial charge in [0.05, 0.1) is 11.0 Å². The monoisotopic (exact) mass is 351 g/mol. The lowest BCUT2D eigenvalue weighted by Crippen LogP contribution is -2.11. The first-order valence-corrected chi connectivity index (χ1v) is 7.01. The van der Waals surface area contributed by atoms with Gasteiger partial charge in [-0.25, -0.2) is 9.97 Å². The summed E-state index contributed by atoms with van der Waals surface area (Å²) in [5.74, 6) is 0.366. The van der Waals surface area contributed by atoms with Crippen molar-refractivity contribution in [3.8, 4) is 0 Å². The zero-order chi connectivity index (χ0) is 15.4. The molecule has 0 aliphatic heterocycles. The molecule has 0 radical (unpaired) electrons. The molecule has 0 spiro atoms. The quantitative estimate of drug-likeness (QED) is 0.633. The molecule has 1 aromatic heterocycles. The highest BCUT2D eigenvalue weighted by molar-refractivity contribution is 9.10. The van der Waals surface area contributed by atoms with Crippen LogP contribution in [0.25, 0.3) is 0 Å². The summed E-state index contributed by atoms with van der Waals surface area (Å²) in [7, 11) is 1.58. The first kappa shape index (κ1) is 15.2. The first-order valence-electron chi connectivity index (χ1n) is 6.22. The topological polar surface area (TPSA) is 93.0 Å². The number of nitrogens with one attached hydrogen (secondary N) is 2. The number of rotatable bonds is 5. The van der Waals surface area contributed by atoms with Gasteiger partial charge >= 0.3 is 5.69 Å². The molecule has 1 atom stereocenters.